The third-order valence-electron chi connectivity index (χ3n) is 2.73. The quantitative estimate of drug-likeness (QED) is 0.610. The molecule has 0 aliphatic heterocycles. The van der Waals surface area contributed by atoms with Crippen LogP contribution in [0.15, 0.2) is 36.9 Å². The summed E-state index contributed by atoms with van der Waals surface area (Å²) in [7, 11) is 0. The zero-order valence-corrected chi connectivity index (χ0v) is 11.6. The van der Waals surface area contributed by atoms with E-state index in [1.54, 1.807) is 6.07 Å². The second-order valence-corrected chi connectivity index (χ2v) is 5.44. The molecule has 0 fully saturated rings. The number of nitrogens with zero attached hydrogens (tertiary/aromatic N) is 1. The average Bonchev–Trinajstić information content (AvgIpc) is 2.81. The highest BCUT2D eigenvalue weighted by atomic mass is 32.1. The van der Waals surface area contributed by atoms with Crippen LogP contribution in [-0.4, -0.2) is 30.1 Å². The summed E-state index contributed by atoms with van der Waals surface area (Å²) in [5, 5.41) is 0.233. The summed E-state index contributed by atoms with van der Waals surface area (Å²) in [4.78, 5) is 12.9. The molecule has 0 radical (unpaired) electrons. The fourth-order valence-corrected chi connectivity index (χ4v) is 2.92. The highest BCUT2D eigenvalue weighted by molar-refractivity contribution is 7.20. The van der Waals surface area contributed by atoms with E-state index in [1.807, 2.05) is 0 Å². The first-order valence-electron chi connectivity index (χ1n) is 5.97. The normalized spacial score (nSPS) is 11.6. The van der Waals surface area contributed by atoms with Crippen LogP contribution in [-0.2, 0) is 0 Å². The third-order valence-corrected chi connectivity index (χ3v) is 3.81. The molecule has 0 saturated heterocycles. The molecule has 112 valence electrons. The molecule has 0 spiro atoms. The number of hydrogen-bond acceptors (Lipinski definition) is 2. The maximum absolute atomic E-state index is 13.6. The van der Waals surface area contributed by atoms with E-state index in [9.17, 15) is 22.4 Å². The minimum atomic E-state index is -4.50. The van der Waals surface area contributed by atoms with Crippen molar-refractivity contribution < 1.29 is 22.4 Å². The maximum Gasteiger partial charge on any atom is 0.406 e. The van der Waals surface area contributed by atoms with Crippen molar-refractivity contribution in [2.24, 2.45) is 0 Å². The summed E-state index contributed by atoms with van der Waals surface area (Å²) in [6.45, 7) is 1.75. The van der Waals surface area contributed by atoms with Gasteiger partial charge < -0.3 is 4.90 Å². The Bertz CT molecular complexity index is 677. The van der Waals surface area contributed by atoms with Crippen molar-refractivity contribution in [1.82, 2.24) is 4.90 Å². The summed E-state index contributed by atoms with van der Waals surface area (Å²) in [6, 6.07) is 5.62. The molecule has 1 aromatic carbocycles. The summed E-state index contributed by atoms with van der Waals surface area (Å²) >= 11 is 0.967. The summed E-state index contributed by atoms with van der Waals surface area (Å²) in [5.41, 5.74) is 0. The molecule has 7 heteroatoms. The molecule has 0 unspecified atom stereocenters. The summed E-state index contributed by atoms with van der Waals surface area (Å²) < 4.78 is 51.6. The van der Waals surface area contributed by atoms with Crippen LogP contribution in [0.1, 0.15) is 9.67 Å². The first kappa shape index (κ1) is 15.5. The van der Waals surface area contributed by atoms with E-state index < -0.39 is 24.4 Å². The Labute approximate surface area is 122 Å². The second kappa shape index (κ2) is 5.85. The predicted octanol–water partition coefficient (Wildman–Crippen LogP) is 4.23. The topological polar surface area (TPSA) is 20.3 Å². The Morgan fingerprint density at radius 1 is 1.38 bits per heavy atom. The molecule has 1 amide bonds. The summed E-state index contributed by atoms with van der Waals surface area (Å²) in [5.74, 6) is -1.29. The average molecular weight is 317 g/mol. The van der Waals surface area contributed by atoms with Crippen molar-refractivity contribution in [3.8, 4) is 0 Å². The number of rotatable bonds is 4. The second-order valence-electron chi connectivity index (χ2n) is 4.35. The largest absolute Gasteiger partial charge is 0.406 e. The summed E-state index contributed by atoms with van der Waals surface area (Å²) in [6.07, 6.45) is -3.28. The number of fused-ring (bicyclic) bond motifs is 1. The van der Waals surface area contributed by atoms with Crippen molar-refractivity contribution >= 4 is 27.3 Å². The lowest BCUT2D eigenvalue weighted by Crippen LogP contribution is -2.38. The number of alkyl halides is 3. The van der Waals surface area contributed by atoms with E-state index in [1.165, 1.54) is 24.3 Å². The van der Waals surface area contributed by atoms with E-state index >= 15 is 0 Å². The van der Waals surface area contributed by atoms with Gasteiger partial charge in [-0.1, -0.05) is 12.1 Å². The van der Waals surface area contributed by atoms with Gasteiger partial charge in [-0.2, -0.15) is 13.2 Å². The molecule has 0 aliphatic carbocycles. The molecule has 2 nitrogen and oxygen atoms in total. The molecular weight excluding hydrogens is 306 g/mol. The lowest BCUT2D eigenvalue weighted by molar-refractivity contribution is -0.139. The molecule has 1 aromatic heterocycles. The van der Waals surface area contributed by atoms with E-state index in [2.05, 4.69) is 6.58 Å². The number of benzene rings is 1. The third kappa shape index (κ3) is 3.60. The Hall–Kier alpha value is -1.89. The van der Waals surface area contributed by atoms with Gasteiger partial charge in [-0.05, 0) is 18.2 Å². The molecule has 0 N–H and O–H groups in total. The van der Waals surface area contributed by atoms with E-state index in [-0.39, 0.29) is 16.8 Å². The standard InChI is InChI=1S/C14H11F4NOS/c1-2-6-19(8-14(16,17)18)13(20)12-7-9-10(15)4-3-5-11(9)21-12/h2-5,7H,1,6,8H2. The molecule has 0 atom stereocenters. The number of hydrogen-bond donors (Lipinski definition) is 0. The zero-order chi connectivity index (χ0) is 15.6. The fraction of sp³-hybridized carbons (Fsp3) is 0.214. The number of carbonyl (C=O) groups is 1. The van der Waals surface area contributed by atoms with Gasteiger partial charge in [-0.15, -0.1) is 17.9 Å². The smallest absolute Gasteiger partial charge is 0.325 e. The molecule has 0 aliphatic rings. The molecule has 2 aromatic rings. The van der Waals surface area contributed by atoms with Crippen LogP contribution in [0.4, 0.5) is 17.6 Å². The Morgan fingerprint density at radius 3 is 2.67 bits per heavy atom. The van der Waals surface area contributed by atoms with Crippen LogP contribution in [0.5, 0.6) is 0 Å². The van der Waals surface area contributed by atoms with Gasteiger partial charge in [0.15, 0.2) is 0 Å². The Morgan fingerprint density at radius 2 is 2.10 bits per heavy atom. The van der Waals surface area contributed by atoms with Crippen LogP contribution in [0.2, 0.25) is 0 Å². The van der Waals surface area contributed by atoms with Gasteiger partial charge >= 0.3 is 6.18 Å². The maximum atomic E-state index is 13.6. The molecular formula is C14H11F4NOS. The van der Waals surface area contributed by atoms with Gasteiger partial charge in [0.25, 0.3) is 5.91 Å². The number of carbonyl (C=O) groups excluding carboxylic acids is 1. The highest BCUT2D eigenvalue weighted by Gasteiger charge is 2.33. The molecule has 0 saturated carbocycles. The van der Waals surface area contributed by atoms with Crippen molar-refractivity contribution in [2.75, 3.05) is 13.1 Å². The van der Waals surface area contributed by atoms with E-state index in [0.29, 0.717) is 9.60 Å². The lowest BCUT2D eigenvalue weighted by atomic mass is 10.2. The van der Waals surface area contributed by atoms with Crippen LogP contribution >= 0.6 is 11.3 Å². The predicted molar refractivity (Wildman–Crippen MR) is 73.9 cm³/mol. The minimum Gasteiger partial charge on any atom is -0.325 e. The van der Waals surface area contributed by atoms with Gasteiger partial charge in [0, 0.05) is 16.6 Å². The van der Waals surface area contributed by atoms with Crippen LogP contribution in [0.3, 0.4) is 0 Å². The Kier molecular flexibility index (Phi) is 4.32. The SMILES string of the molecule is C=CCN(CC(F)(F)F)C(=O)c1cc2c(F)cccc2s1. The van der Waals surface area contributed by atoms with Crippen LogP contribution < -0.4 is 0 Å². The molecule has 21 heavy (non-hydrogen) atoms. The van der Waals surface area contributed by atoms with Crippen LogP contribution in [0, 0.1) is 5.82 Å². The van der Waals surface area contributed by atoms with E-state index in [4.69, 9.17) is 0 Å². The van der Waals surface area contributed by atoms with Crippen LogP contribution in [0.25, 0.3) is 10.1 Å². The van der Waals surface area contributed by atoms with E-state index in [0.717, 1.165) is 11.3 Å². The minimum absolute atomic E-state index is 0.0706. The first-order valence-corrected chi connectivity index (χ1v) is 6.78. The van der Waals surface area contributed by atoms with Gasteiger partial charge in [0.1, 0.15) is 12.4 Å². The number of amides is 1. The van der Waals surface area contributed by atoms with Gasteiger partial charge in [0.05, 0.1) is 4.88 Å². The van der Waals surface area contributed by atoms with Crippen molar-refractivity contribution in [3.05, 3.63) is 47.6 Å². The number of thiophene rings is 1. The Balaban J connectivity index is 2.34. The van der Waals surface area contributed by atoms with Crippen molar-refractivity contribution in [2.45, 2.75) is 6.18 Å². The number of halogens is 4. The lowest BCUT2D eigenvalue weighted by Gasteiger charge is -2.21. The molecule has 0 bridgehead atoms. The van der Waals surface area contributed by atoms with Gasteiger partial charge in [0.2, 0.25) is 0 Å². The van der Waals surface area contributed by atoms with Crippen molar-refractivity contribution in [3.63, 3.8) is 0 Å². The van der Waals surface area contributed by atoms with Gasteiger partial charge in [-0.3, -0.25) is 4.79 Å². The molecule has 1 heterocycles. The monoisotopic (exact) mass is 317 g/mol. The van der Waals surface area contributed by atoms with Crippen molar-refractivity contribution in [1.29, 1.82) is 0 Å². The van der Waals surface area contributed by atoms with Gasteiger partial charge in [-0.25, -0.2) is 4.39 Å². The first-order chi connectivity index (χ1) is 9.81. The molecule has 2 rings (SSSR count). The fourth-order valence-electron chi connectivity index (χ4n) is 1.88. The zero-order valence-electron chi connectivity index (χ0n) is 10.8. The highest BCUT2D eigenvalue weighted by Crippen LogP contribution is 2.29.